The van der Waals surface area contributed by atoms with E-state index >= 15 is 0 Å². The molecule has 0 aromatic carbocycles. The van der Waals surface area contributed by atoms with Crippen molar-refractivity contribution in [3.05, 3.63) is 0 Å². The number of hydrogen-bond donors (Lipinski definition) is 1. The van der Waals surface area contributed by atoms with Gasteiger partial charge < -0.3 is 5.11 Å². The molecule has 0 aliphatic heterocycles. The molecule has 1 unspecified atom stereocenters. The maximum atomic E-state index is 9.55. The standard InChI is InChI=1S/C8H12Cl2O/c1-7-4-2-3-5(11)6(7)8(7,9)10/h5-6,11H,2-4H2,1H3/t5-,6?,7+/m0/s1. The third-order valence-corrected chi connectivity index (χ3v) is 4.67. The molecule has 2 fully saturated rings. The van der Waals surface area contributed by atoms with Crippen molar-refractivity contribution in [2.75, 3.05) is 0 Å². The molecule has 64 valence electrons. The molecule has 2 aliphatic rings. The van der Waals surface area contributed by atoms with Crippen LogP contribution in [-0.2, 0) is 0 Å². The van der Waals surface area contributed by atoms with Gasteiger partial charge in [0.1, 0.15) is 4.33 Å². The Kier molecular flexibility index (Phi) is 1.53. The molecular formula is C8H12Cl2O. The Morgan fingerprint density at radius 2 is 2.09 bits per heavy atom. The predicted octanol–water partition coefficient (Wildman–Crippen LogP) is 2.34. The molecule has 0 spiro atoms. The van der Waals surface area contributed by atoms with Gasteiger partial charge in [-0.05, 0) is 12.8 Å². The Morgan fingerprint density at radius 1 is 1.45 bits per heavy atom. The van der Waals surface area contributed by atoms with E-state index in [0.717, 1.165) is 19.3 Å². The lowest BCUT2D eigenvalue weighted by atomic mass is 9.88. The first kappa shape index (κ1) is 8.15. The minimum Gasteiger partial charge on any atom is -0.393 e. The van der Waals surface area contributed by atoms with Crippen molar-refractivity contribution < 1.29 is 5.11 Å². The summed E-state index contributed by atoms with van der Waals surface area (Å²) in [6.45, 7) is 2.07. The molecular weight excluding hydrogens is 183 g/mol. The largest absolute Gasteiger partial charge is 0.393 e. The highest BCUT2D eigenvalue weighted by Crippen LogP contribution is 2.74. The SMILES string of the molecule is C[C@@]12CCC[C@H](O)C1C2(Cl)Cl. The van der Waals surface area contributed by atoms with E-state index in [1.54, 1.807) is 0 Å². The molecule has 0 aromatic rings. The number of hydrogen-bond acceptors (Lipinski definition) is 1. The molecule has 0 saturated heterocycles. The fourth-order valence-electron chi connectivity index (χ4n) is 2.45. The third-order valence-electron chi connectivity index (χ3n) is 3.34. The normalized spacial score (nSPS) is 53.5. The molecule has 0 radical (unpaired) electrons. The molecule has 0 heterocycles. The summed E-state index contributed by atoms with van der Waals surface area (Å²) in [5, 5.41) is 9.55. The zero-order chi connectivity index (χ0) is 8.28. The van der Waals surface area contributed by atoms with Crippen molar-refractivity contribution in [3.63, 3.8) is 0 Å². The monoisotopic (exact) mass is 194 g/mol. The maximum absolute atomic E-state index is 9.55. The highest BCUT2D eigenvalue weighted by Gasteiger charge is 2.75. The number of alkyl halides is 2. The van der Waals surface area contributed by atoms with Gasteiger partial charge >= 0.3 is 0 Å². The van der Waals surface area contributed by atoms with Gasteiger partial charge in [-0.1, -0.05) is 13.3 Å². The van der Waals surface area contributed by atoms with E-state index in [4.69, 9.17) is 23.2 Å². The molecule has 0 bridgehead atoms. The summed E-state index contributed by atoms with van der Waals surface area (Å²) in [4.78, 5) is 0. The van der Waals surface area contributed by atoms with Crippen LogP contribution in [0.25, 0.3) is 0 Å². The van der Waals surface area contributed by atoms with Crippen molar-refractivity contribution in [3.8, 4) is 0 Å². The van der Waals surface area contributed by atoms with Crippen LogP contribution in [0.3, 0.4) is 0 Å². The minimum atomic E-state index is -0.650. The predicted molar refractivity (Wildman–Crippen MR) is 45.9 cm³/mol. The number of halogens is 2. The lowest BCUT2D eigenvalue weighted by Gasteiger charge is -2.20. The zero-order valence-corrected chi connectivity index (χ0v) is 7.99. The van der Waals surface area contributed by atoms with Crippen molar-refractivity contribution in [1.82, 2.24) is 0 Å². The van der Waals surface area contributed by atoms with Crippen LogP contribution >= 0.6 is 23.2 Å². The Morgan fingerprint density at radius 3 is 2.55 bits per heavy atom. The summed E-state index contributed by atoms with van der Waals surface area (Å²) >= 11 is 12.1. The molecule has 2 saturated carbocycles. The Hall–Kier alpha value is 0.540. The fourth-order valence-corrected chi connectivity index (χ4v) is 3.54. The van der Waals surface area contributed by atoms with Gasteiger partial charge in [-0.15, -0.1) is 23.2 Å². The quantitative estimate of drug-likeness (QED) is 0.588. The molecule has 11 heavy (non-hydrogen) atoms. The lowest BCUT2D eigenvalue weighted by Crippen LogP contribution is -2.19. The lowest BCUT2D eigenvalue weighted by molar-refractivity contribution is 0.0975. The Labute approximate surface area is 76.7 Å². The van der Waals surface area contributed by atoms with Gasteiger partial charge in [0.2, 0.25) is 0 Å². The molecule has 0 amide bonds. The van der Waals surface area contributed by atoms with Gasteiger partial charge in [0.25, 0.3) is 0 Å². The van der Waals surface area contributed by atoms with E-state index in [1.165, 1.54) is 0 Å². The molecule has 2 aliphatic carbocycles. The topological polar surface area (TPSA) is 20.2 Å². The molecule has 0 aromatic heterocycles. The van der Waals surface area contributed by atoms with Crippen molar-refractivity contribution in [2.24, 2.45) is 11.3 Å². The summed E-state index contributed by atoms with van der Waals surface area (Å²) in [7, 11) is 0. The minimum absolute atomic E-state index is 0.00617. The van der Waals surface area contributed by atoms with Gasteiger partial charge in [0, 0.05) is 11.3 Å². The molecule has 3 atom stereocenters. The van der Waals surface area contributed by atoms with E-state index in [0.29, 0.717) is 0 Å². The van der Waals surface area contributed by atoms with E-state index < -0.39 is 4.33 Å². The second-order valence-corrected chi connectivity index (χ2v) is 5.36. The zero-order valence-electron chi connectivity index (χ0n) is 6.48. The molecule has 1 N–H and O–H groups in total. The van der Waals surface area contributed by atoms with Crippen molar-refractivity contribution in [1.29, 1.82) is 0 Å². The molecule has 3 heteroatoms. The van der Waals surface area contributed by atoms with Crippen LogP contribution < -0.4 is 0 Å². The highest BCUT2D eigenvalue weighted by atomic mass is 35.5. The number of aliphatic hydroxyl groups excluding tert-OH is 1. The van der Waals surface area contributed by atoms with Crippen LogP contribution in [0.15, 0.2) is 0 Å². The van der Waals surface area contributed by atoms with E-state index in [1.807, 2.05) is 0 Å². The first-order valence-electron chi connectivity index (χ1n) is 4.06. The maximum Gasteiger partial charge on any atom is 0.130 e. The third kappa shape index (κ3) is 0.824. The van der Waals surface area contributed by atoms with Crippen LogP contribution in [0.1, 0.15) is 26.2 Å². The number of rotatable bonds is 0. The first-order valence-corrected chi connectivity index (χ1v) is 4.81. The van der Waals surface area contributed by atoms with Crippen LogP contribution in [0, 0.1) is 11.3 Å². The van der Waals surface area contributed by atoms with Crippen LogP contribution in [-0.4, -0.2) is 15.5 Å². The summed E-state index contributed by atoms with van der Waals surface area (Å²) < 4.78 is -0.650. The van der Waals surface area contributed by atoms with Gasteiger partial charge in [-0.3, -0.25) is 0 Å². The van der Waals surface area contributed by atoms with Crippen molar-refractivity contribution in [2.45, 2.75) is 36.6 Å². The van der Waals surface area contributed by atoms with Crippen molar-refractivity contribution >= 4 is 23.2 Å². The van der Waals surface area contributed by atoms with E-state index in [2.05, 4.69) is 6.92 Å². The van der Waals surface area contributed by atoms with Crippen LogP contribution in [0.5, 0.6) is 0 Å². The summed E-state index contributed by atoms with van der Waals surface area (Å²) in [6, 6.07) is 0. The second kappa shape index (κ2) is 2.07. The summed E-state index contributed by atoms with van der Waals surface area (Å²) in [5.74, 6) is 0.118. The van der Waals surface area contributed by atoms with E-state index in [-0.39, 0.29) is 17.4 Å². The Balaban J connectivity index is 2.23. The van der Waals surface area contributed by atoms with Gasteiger partial charge in [-0.25, -0.2) is 0 Å². The van der Waals surface area contributed by atoms with Crippen LogP contribution in [0.4, 0.5) is 0 Å². The van der Waals surface area contributed by atoms with Crippen LogP contribution in [0.2, 0.25) is 0 Å². The number of aliphatic hydroxyl groups is 1. The van der Waals surface area contributed by atoms with Gasteiger partial charge in [0.05, 0.1) is 6.10 Å². The fraction of sp³-hybridized carbons (Fsp3) is 1.00. The average molecular weight is 195 g/mol. The molecule has 2 rings (SSSR count). The summed E-state index contributed by atoms with van der Waals surface area (Å²) in [5.41, 5.74) is -0.00617. The van der Waals surface area contributed by atoms with Gasteiger partial charge in [-0.2, -0.15) is 0 Å². The smallest absolute Gasteiger partial charge is 0.130 e. The first-order chi connectivity index (χ1) is 5.00. The number of fused-ring (bicyclic) bond motifs is 1. The summed E-state index contributed by atoms with van der Waals surface area (Å²) in [6.07, 6.45) is 2.70. The van der Waals surface area contributed by atoms with Gasteiger partial charge in [0.15, 0.2) is 0 Å². The highest BCUT2D eigenvalue weighted by molar-refractivity contribution is 6.52. The van der Waals surface area contributed by atoms with E-state index in [9.17, 15) is 5.11 Å². The molecule has 1 nitrogen and oxygen atoms in total. The second-order valence-electron chi connectivity index (χ2n) is 3.98. The Bertz CT molecular complexity index is 193. The average Bonchev–Trinajstić information content (AvgIpc) is 2.29.